The summed E-state index contributed by atoms with van der Waals surface area (Å²) >= 11 is 3.60. The molecule has 0 unspecified atom stereocenters. The zero-order valence-corrected chi connectivity index (χ0v) is 21.1. The van der Waals surface area contributed by atoms with Gasteiger partial charge >= 0.3 is 0 Å². The van der Waals surface area contributed by atoms with E-state index in [1.807, 2.05) is 13.8 Å². The van der Waals surface area contributed by atoms with Gasteiger partial charge < -0.3 is 9.13 Å². The molecule has 0 bridgehead atoms. The van der Waals surface area contributed by atoms with Gasteiger partial charge in [-0.25, -0.2) is 0 Å². The predicted octanol–water partition coefficient (Wildman–Crippen LogP) is 8.60. The lowest BCUT2D eigenvalue weighted by Crippen LogP contribution is -1.91. The van der Waals surface area contributed by atoms with Crippen LogP contribution in [0.1, 0.15) is 13.8 Å². The molecule has 0 saturated heterocycles. The number of nitrogens with zero attached hydrogens (tertiary/aromatic N) is 2. The van der Waals surface area contributed by atoms with Gasteiger partial charge in [0.25, 0.3) is 0 Å². The normalized spacial score (nSPS) is 11.7. The van der Waals surface area contributed by atoms with E-state index in [2.05, 4.69) is 96.4 Å². The summed E-state index contributed by atoms with van der Waals surface area (Å²) in [6.45, 7) is 4.00. The zero-order chi connectivity index (χ0) is 22.6. The summed E-state index contributed by atoms with van der Waals surface area (Å²) in [6, 6.07) is 23.0. The summed E-state index contributed by atoms with van der Waals surface area (Å²) in [5, 5.41) is 13.2. The summed E-state index contributed by atoms with van der Waals surface area (Å²) < 4.78 is 4.65. The van der Waals surface area contributed by atoms with Gasteiger partial charge in [0.05, 0.1) is 21.1 Å². The van der Waals surface area contributed by atoms with Crippen molar-refractivity contribution in [3.8, 4) is 0 Å². The number of hydrogen-bond donors (Lipinski definition) is 0. The molecular formula is C28H28N2S2. The number of fused-ring (bicyclic) bond motifs is 9. The summed E-state index contributed by atoms with van der Waals surface area (Å²) in [4.78, 5) is 0. The fourth-order valence-electron chi connectivity index (χ4n) is 5.09. The van der Waals surface area contributed by atoms with Crippen LogP contribution in [0.5, 0.6) is 0 Å². The maximum atomic E-state index is 2.33. The minimum Gasteiger partial charge on any atom is -0.338 e. The van der Waals surface area contributed by atoms with Crippen molar-refractivity contribution in [3.63, 3.8) is 0 Å². The Labute approximate surface area is 197 Å². The molecule has 0 fully saturated rings. The summed E-state index contributed by atoms with van der Waals surface area (Å²) in [6.07, 6.45) is 4.29. The van der Waals surface area contributed by atoms with E-state index in [4.69, 9.17) is 0 Å². The van der Waals surface area contributed by atoms with Crippen molar-refractivity contribution in [2.45, 2.75) is 23.9 Å². The fourth-order valence-corrected chi connectivity index (χ4v) is 6.31. The number of hydrogen-bond acceptors (Lipinski definition) is 2. The lowest BCUT2D eigenvalue weighted by molar-refractivity contribution is 0.866. The van der Waals surface area contributed by atoms with Gasteiger partial charge in [0.15, 0.2) is 0 Å². The Bertz CT molecular complexity index is 1510. The third kappa shape index (κ3) is 2.89. The first-order valence-corrected chi connectivity index (χ1v) is 13.5. The molecule has 0 atom stereocenters. The molecule has 0 amide bonds. The largest absolute Gasteiger partial charge is 0.338 e. The lowest BCUT2D eigenvalue weighted by atomic mass is 9.95. The highest BCUT2D eigenvalue weighted by atomic mass is 32.2. The topological polar surface area (TPSA) is 9.86 Å². The van der Waals surface area contributed by atoms with Gasteiger partial charge in [-0.1, -0.05) is 62.4 Å². The van der Waals surface area contributed by atoms with E-state index < -0.39 is 0 Å². The fraction of sp³-hybridized carbons (Fsp3) is 0.214. The molecule has 162 valence electrons. The Morgan fingerprint density at radius 3 is 1.19 bits per heavy atom. The van der Waals surface area contributed by atoms with Gasteiger partial charge in [-0.05, 0) is 46.2 Å². The van der Waals surface area contributed by atoms with Crippen LogP contribution in [0.2, 0.25) is 0 Å². The summed E-state index contributed by atoms with van der Waals surface area (Å²) in [5.41, 5.74) is 2.64. The monoisotopic (exact) mass is 456 g/mol. The van der Waals surface area contributed by atoms with E-state index in [1.165, 1.54) is 64.2 Å². The first kappa shape index (κ1) is 21.3. The minimum absolute atomic E-state index is 1.30. The van der Waals surface area contributed by atoms with Gasteiger partial charge in [0.1, 0.15) is 0 Å². The van der Waals surface area contributed by atoms with Gasteiger partial charge in [0.2, 0.25) is 0 Å². The van der Waals surface area contributed by atoms with E-state index in [9.17, 15) is 0 Å². The van der Waals surface area contributed by atoms with E-state index >= 15 is 0 Å². The molecule has 6 aromatic rings. The van der Waals surface area contributed by atoms with Crippen LogP contribution in [0, 0.1) is 0 Å². The van der Waals surface area contributed by atoms with E-state index in [0.29, 0.717) is 0 Å². The first-order valence-electron chi connectivity index (χ1n) is 11.1. The first-order chi connectivity index (χ1) is 15.6. The molecule has 0 N–H and O–H groups in total. The van der Waals surface area contributed by atoms with Gasteiger partial charge in [-0.15, -0.1) is 23.5 Å². The van der Waals surface area contributed by atoms with Crippen molar-refractivity contribution in [3.05, 3.63) is 60.7 Å². The molecule has 0 aliphatic carbocycles. The highest BCUT2D eigenvalue weighted by molar-refractivity contribution is 7.98. The molecule has 6 rings (SSSR count). The maximum Gasteiger partial charge on any atom is 0.0753 e. The second kappa shape index (κ2) is 8.09. The Hall–Kier alpha value is -2.56. The minimum atomic E-state index is 1.30. The predicted molar refractivity (Wildman–Crippen MR) is 147 cm³/mol. The molecule has 0 spiro atoms. The zero-order valence-electron chi connectivity index (χ0n) is 19.5. The van der Waals surface area contributed by atoms with Gasteiger partial charge in [-0.2, -0.15) is 0 Å². The van der Waals surface area contributed by atoms with Crippen molar-refractivity contribution in [2.24, 2.45) is 14.1 Å². The van der Waals surface area contributed by atoms with Crippen LogP contribution in [0.3, 0.4) is 0 Å². The highest BCUT2D eigenvalue weighted by Crippen LogP contribution is 2.39. The smallest absolute Gasteiger partial charge is 0.0753 e. The Morgan fingerprint density at radius 2 is 0.812 bits per heavy atom. The molecule has 4 aromatic carbocycles. The molecule has 0 aliphatic heterocycles. The molecule has 32 heavy (non-hydrogen) atoms. The lowest BCUT2D eigenvalue weighted by Gasteiger charge is -2.11. The molecular weight excluding hydrogens is 428 g/mol. The Kier molecular flexibility index (Phi) is 5.39. The molecule has 0 saturated carbocycles. The van der Waals surface area contributed by atoms with Crippen LogP contribution in [0.4, 0.5) is 0 Å². The third-order valence-electron chi connectivity index (χ3n) is 6.51. The number of rotatable bonds is 2. The second-order valence-electron chi connectivity index (χ2n) is 7.91. The van der Waals surface area contributed by atoms with Gasteiger partial charge in [0, 0.05) is 35.6 Å². The van der Waals surface area contributed by atoms with Crippen LogP contribution in [-0.4, -0.2) is 21.6 Å². The average molecular weight is 457 g/mol. The highest BCUT2D eigenvalue weighted by Gasteiger charge is 2.14. The standard InChI is InChI=1S/C26H22N2S2.C2H6/c1-27-23(29-3)13-15-5-7-19-17-10-12-22-20(18(17)9-11-21(19)25(15)27)8-6-16-14-24(30-4)28(2)26(16)22;1-2/h5-14H,1-4H3;1-2H3. The molecule has 0 aliphatic rings. The van der Waals surface area contributed by atoms with Crippen LogP contribution in [0.25, 0.3) is 54.1 Å². The van der Waals surface area contributed by atoms with Crippen molar-refractivity contribution in [2.75, 3.05) is 12.5 Å². The quantitative estimate of drug-likeness (QED) is 0.191. The van der Waals surface area contributed by atoms with Crippen molar-refractivity contribution in [1.82, 2.24) is 9.13 Å². The Balaban J connectivity index is 0.00000105. The second-order valence-corrected chi connectivity index (χ2v) is 9.57. The number of aryl methyl sites for hydroxylation is 2. The number of aromatic nitrogens is 2. The third-order valence-corrected chi connectivity index (χ3v) is 8.13. The van der Waals surface area contributed by atoms with Crippen LogP contribution in [-0.2, 0) is 14.1 Å². The van der Waals surface area contributed by atoms with Crippen molar-refractivity contribution in [1.29, 1.82) is 0 Å². The molecule has 4 heteroatoms. The molecule has 2 aromatic heterocycles. The van der Waals surface area contributed by atoms with Gasteiger partial charge in [-0.3, -0.25) is 0 Å². The van der Waals surface area contributed by atoms with Crippen molar-refractivity contribution >= 4 is 77.6 Å². The molecule has 2 heterocycles. The number of thioether (sulfide) groups is 2. The summed E-state index contributed by atoms with van der Waals surface area (Å²) in [7, 11) is 4.35. The average Bonchev–Trinajstić information content (AvgIpc) is 3.35. The summed E-state index contributed by atoms with van der Waals surface area (Å²) in [5.74, 6) is 0. The Morgan fingerprint density at radius 1 is 0.500 bits per heavy atom. The molecule has 2 nitrogen and oxygen atoms in total. The van der Waals surface area contributed by atoms with E-state index in [-0.39, 0.29) is 0 Å². The van der Waals surface area contributed by atoms with Crippen molar-refractivity contribution < 1.29 is 0 Å². The van der Waals surface area contributed by atoms with E-state index in [0.717, 1.165) is 0 Å². The maximum absolute atomic E-state index is 2.33. The van der Waals surface area contributed by atoms with E-state index in [1.54, 1.807) is 23.5 Å². The SMILES string of the molecule is CC.CSc1cc2ccc3c4ccc5c(ccc6cc(SC)n(C)c65)c4ccc3c2n1C. The van der Waals surface area contributed by atoms with Crippen LogP contribution >= 0.6 is 23.5 Å². The number of benzene rings is 4. The van der Waals surface area contributed by atoms with Crippen LogP contribution in [0.15, 0.2) is 70.7 Å². The van der Waals surface area contributed by atoms with Crippen LogP contribution < -0.4 is 0 Å². The molecule has 0 radical (unpaired) electrons.